The lowest BCUT2D eigenvalue weighted by Crippen LogP contribution is -2.28. The topological polar surface area (TPSA) is 20.2 Å². The molecule has 116 valence electrons. The van der Waals surface area contributed by atoms with E-state index in [4.69, 9.17) is 0 Å². The average molecular weight is 286 g/mol. The van der Waals surface area contributed by atoms with E-state index in [0.717, 1.165) is 12.8 Å². The zero-order valence-electron chi connectivity index (χ0n) is 14.4. The first-order chi connectivity index (χ1) is 9.76. The molecule has 1 heteroatoms. The molecular weight excluding hydrogens is 256 g/mol. The van der Waals surface area contributed by atoms with Crippen LogP contribution in [0.2, 0.25) is 0 Å². The summed E-state index contributed by atoms with van der Waals surface area (Å²) < 4.78 is 0. The fourth-order valence-electron chi connectivity index (χ4n) is 2.90. The third kappa shape index (κ3) is 5.51. The standard InChI is InChI=1S/C20H30O/c1-7-15(2)9-8-10-16(3)11-12-19-17(4)13-18(21)14-20(19,5)6/h7-12,18,21H,13-14H2,1-6H3. The monoisotopic (exact) mass is 286 g/mol. The van der Waals surface area contributed by atoms with Crippen LogP contribution in [0.4, 0.5) is 0 Å². The average Bonchev–Trinajstić information content (AvgIpc) is 2.36. The van der Waals surface area contributed by atoms with E-state index in [1.54, 1.807) is 0 Å². The second-order valence-electron chi connectivity index (χ2n) is 6.78. The molecule has 1 atom stereocenters. The molecule has 1 N–H and O–H groups in total. The number of hydrogen-bond acceptors (Lipinski definition) is 1. The summed E-state index contributed by atoms with van der Waals surface area (Å²) in [6.07, 6.45) is 14.3. The first-order valence-electron chi connectivity index (χ1n) is 7.80. The molecule has 0 saturated carbocycles. The second-order valence-corrected chi connectivity index (χ2v) is 6.78. The van der Waals surface area contributed by atoms with Crippen molar-refractivity contribution in [2.24, 2.45) is 5.41 Å². The molecule has 0 heterocycles. The van der Waals surface area contributed by atoms with Crippen molar-refractivity contribution in [3.63, 3.8) is 0 Å². The molecule has 0 aromatic heterocycles. The maximum Gasteiger partial charge on any atom is 0.0585 e. The smallest absolute Gasteiger partial charge is 0.0585 e. The summed E-state index contributed by atoms with van der Waals surface area (Å²) in [7, 11) is 0. The summed E-state index contributed by atoms with van der Waals surface area (Å²) >= 11 is 0. The number of hydrogen-bond donors (Lipinski definition) is 1. The Morgan fingerprint density at radius 1 is 1.19 bits per heavy atom. The normalized spacial score (nSPS) is 24.4. The Bertz CT molecular complexity index is 510. The van der Waals surface area contributed by atoms with Gasteiger partial charge in [0, 0.05) is 0 Å². The van der Waals surface area contributed by atoms with Gasteiger partial charge in [0.1, 0.15) is 0 Å². The van der Waals surface area contributed by atoms with Crippen LogP contribution in [0.5, 0.6) is 0 Å². The lowest BCUT2D eigenvalue weighted by atomic mass is 9.71. The van der Waals surface area contributed by atoms with Crippen LogP contribution in [0, 0.1) is 5.41 Å². The van der Waals surface area contributed by atoms with Crippen molar-refractivity contribution in [2.45, 2.75) is 60.5 Å². The summed E-state index contributed by atoms with van der Waals surface area (Å²) in [5, 5.41) is 9.92. The molecule has 1 aliphatic carbocycles. The maximum absolute atomic E-state index is 9.92. The van der Waals surface area contributed by atoms with Gasteiger partial charge in [-0.3, -0.25) is 0 Å². The van der Waals surface area contributed by atoms with Crippen LogP contribution in [-0.2, 0) is 0 Å². The maximum atomic E-state index is 9.92. The molecule has 1 unspecified atom stereocenters. The van der Waals surface area contributed by atoms with Gasteiger partial charge in [-0.2, -0.15) is 0 Å². The van der Waals surface area contributed by atoms with Crippen molar-refractivity contribution in [2.75, 3.05) is 0 Å². The molecule has 0 bridgehead atoms. The fraction of sp³-hybridized carbons (Fsp3) is 0.500. The SMILES string of the molecule is CC=C(C)C=CC=C(C)C=CC1=C(C)CC(O)CC1(C)C. The van der Waals surface area contributed by atoms with Gasteiger partial charge < -0.3 is 5.11 Å². The van der Waals surface area contributed by atoms with Gasteiger partial charge in [-0.15, -0.1) is 0 Å². The van der Waals surface area contributed by atoms with Crippen LogP contribution in [0.15, 0.2) is 58.7 Å². The molecule has 21 heavy (non-hydrogen) atoms. The zero-order valence-corrected chi connectivity index (χ0v) is 14.4. The van der Waals surface area contributed by atoms with Crippen LogP contribution < -0.4 is 0 Å². The molecule has 0 aliphatic heterocycles. The number of aliphatic hydroxyl groups excluding tert-OH is 1. The van der Waals surface area contributed by atoms with Crippen molar-refractivity contribution < 1.29 is 5.11 Å². The minimum Gasteiger partial charge on any atom is -0.393 e. The van der Waals surface area contributed by atoms with E-state index in [1.807, 2.05) is 6.92 Å². The number of aliphatic hydroxyl groups is 1. The van der Waals surface area contributed by atoms with Gasteiger partial charge in [-0.05, 0) is 51.5 Å². The minimum atomic E-state index is -0.194. The molecule has 0 aromatic rings. The van der Waals surface area contributed by atoms with Gasteiger partial charge in [-0.25, -0.2) is 0 Å². The zero-order chi connectivity index (χ0) is 16.0. The predicted octanol–water partition coefficient (Wildman–Crippen LogP) is 5.51. The third-order valence-corrected chi connectivity index (χ3v) is 4.16. The highest BCUT2D eigenvalue weighted by molar-refractivity contribution is 5.37. The predicted molar refractivity (Wildman–Crippen MR) is 93.2 cm³/mol. The Labute approximate surface area is 130 Å². The molecule has 0 amide bonds. The van der Waals surface area contributed by atoms with E-state index in [2.05, 4.69) is 71.1 Å². The van der Waals surface area contributed by atoms with E-state index in [9.17, 15) is 5.11 Å². The van der Waals surface area contributed by atoms with Gasteiger partial charge in [0.05, 0.1) is 6.10 Å². The van der Waals surface area contributed by atoms with E-state index < -0.39 is 0 Å². The minimum absolute atomic E-state index is 0.0515. The van der Waals surface area contributed by atoms with Crippen molar-refractivity contribution >= 4 is 0 Å². The summed E-state index contributed by atoms with van der Waals surface area (Å²) in [4.78, 5) is 0. The fourth-order valence-corrected chi connectivity index (χ4v) is 2.90. The van der Waals surface area contributed by atoms with E-state index in [1.165, 1.54) is 22.3 Å². The van der Waals surface area contributed by atoms with E-state index >= 15 is 0 Å². The summed E-state index contributed by atoms with van der Waals surface area (Å²) in [5.74, 6) is 0. The largest absolute Gasteiger partial charge is 0.393 e. The van der Waals surface area contributed by atoms with Crippen LogP contribution >= 0.6 is 0 Å². The summed E-state index contributed by atoms with van der Waals surface area (Å²) in [5.41, 5.74) is 5.23. The van der Waals surface area contributed by atoms with E-state index in [0.29, 0.717) is 0 Å². The lowest BCUT2D eigenvalue weighted by Gasteiger charge is -2.35. The van der Waals surface area contributed by atoms with Crippen LogP contribution in [0.25, 0.3) is 0 Å². The second kappa shape index (κ2) is 7.61. The van der Waals surface area contributed by atoms with Crippen molar-refractivity contribution in [3.05, 3.63) is 58.7 Å². The molecule has 0 saturated heterocycles. The number of rotatable bonds is 4. The quantitative estimate of drug-likeness (QED) is 0.676. The van der Waals surface area contributed by atoms with Crippen molar-refractivity contribution in [1.29, 1.82) is 0 Å². The molecule has 0 radical (unpaired) electrons. The number of allylic oxidation sites excluding steroid dienone is 9. The Kier molecular flexibility index (Phi) is 6.42. The highest BCUT2D eigenvalue weighted by Crippen LogP contribution is 2.40. The van der Waals surface area contributed by atoms with Gasteiger partial charge in [0.2, 0.25) is 0 Å². The molecule has 1 rings (SSSR count). The first-order valence-corrected chi connectivity index (χ1v) is 7.80. The Balaban J connectivity index is 2.86. The van der Waals surface area contributed by atoms with Crippen LogP contribution in [0.1, 0.15) is 54.4 Å². The highest BCUT2D eigenvalue weighted by atomic mass is 16.3. The molecule has 0 spiro atoms. The Morgan fingerprint density at radius 3 is 2.43 bits per heavy atom. The molecular formula is C20H30O. The third-order valence-electron chi connectivity index (χ3n) is 4.16. The molecule has 0 fully saturated rings. The van der Waals surface area contributed by atoms with Gasteiger partial charge in [-0.1, -0.05) is 67.0 Å². The van der Waals surface area contributed by atoms with Gasteiger partial charge in [0.25, 0.3) is 0 Å². The van der Waals surface area contributed by atoms with Crippen molar-refractivity contribution in [3.8, 4) is 0 Å². The van der Waals surface area contributed by atoms with Crippen LogP contribution in [0.3, 0.4) is 0 Å². The first kappa shape index (κ1) is 17.7. The van der Waals surface area contributed by atoms with Crippen LogP contribution in [-0.4, -0.2) is 11.2 Å². The Hall–Kier alpha value is -1.34. The lowest BCUT2D eigenvalue weighted by molar-refractivity contribution is 0.116. The molecule has 0 aromatic carbocycles. The van der Waals surface area contributed by atoms with Gasteiger partial charge in [0.15, 0.2) is 0 Å². The highest BCUT2D eigenvalue weighted by Gasteiger charge is 2.31. The van der Waals surface area contributed by atoms with Gasteiger partial charge >= 0.3 is 0 Å². The molecule has 1 aliphatic rings. The van der Waals surface area contributed by atoms with E-state index in [-0.39, 0.29) is 11.5 Å². The molecule has 1 nitrogen and oxygen atoms in total. The van der Waals surface area contributed by atoms with Crippen molar-refractivity contribution in [1.82, 2.24) is 0 Å². The summed E-state index contributed by atoms with van der Waals surface area (Å²) in [6, 6.07) is 0. The Morgan fingerprint density at radius 2 is 1.86 bits per heavy atom. The summed E-state index contributed by atoms with van der Waals surface area (Å²) in [6.45, 7) is 12.8.